The van der Waals surface area contributed by atoms with Gasteiger partial charge in [0.05, 0.1) is 11.1 Å². The summed E-state index contributed by atoms with van der Waals surface area (Å²) in [6.45, 7) is 1.77. The first kappa shape index (κ1) is 11.4. The summed E-state index contributed by atoms with van der Waals surface area (Å²) in [7, 11) is 0. The molecule has 0 saturated heterocycles. The lowest BCUT2D eigenvalue weighted by atomic mass is 10.3. The molecule has 0 aliphatic heterocycles. The summed E-state index contributed by atoms with van der Waals surface area (Å²) in [6.07, 6.45) is -0.583. The van der Waals surface area contributed by atoms with Crippen molar-refractivity contribution in [3.63, 3.8) is 0 Å². The minimum Gasteiger partial charge on any atom is -0.392 e. The number of aromatic amines is 1. The Morgan fingerprint density at radius 3 is 2.79 bits per heavy atom. The Hall–Kier alpha value is -0.710. The molecule has 1 atom stereocenters. The molecule has 1 amide bonds. The quantitative estimate of drug-likeness (QED) is 0.744. The number of hydrogen-bond acceptors (Lipinski definition) is 2. The monoisotopic (exact) mass is 236 g/mol. The zero-order valence-electron chi connectivity index (χ0n) is 7.47. The maximum Gasteiger partial charge on any atom is 0.267 e. The van der Waals surface area contributed by atoms with E-state index in [4.69, 9.17) is 28.3 Å². The Morgan fingerprint density at radius 2 is 2.36 bits per heavy atom. The van der Waals surface area contributed by atoms with Crippen molar-refractivity contribution in [3.05, 3.63) is 21.9 Å². The van der Waals surface area contributed by atoms with Gasteiger partial charge < -0.3 is 15.4 Å². The van der Waals surface area contributed by atoms with Gasteiger partial charge in [0.1, 0.15) is 10.8 Å². The number of amides is 1. The molecule has 0 unspecified atom stereocenters. The van der Waals surface area contributed by atoms with Crippen LogP contribution in [0.1, 0.15) is 17.4 Å². The maximum absolute atomic E-state index is 11.3. The van der Waals surface area contributed by atoms with Crippen LogP contribution in [0, 0.1) is 0 Å². The summed E-state index contributed by atoms with van der Waals surface area (Å²) in [5, 5.41) is 12.0. The van der Waals surface area contributed by atoms with Gasteiger partial charge in [-0.15, -0.1) is 0 Å². The molecule has 1 heterocycles. The second kappa shape index (κ2) is 4.68. The molecule has 0 bridgehead atoms. The number of carbonyl (C=O) groups is 1. The van der Waals surface area contributed by atoms with E-state index >= 15 is 0 Å². The Labute approximate surface area is 91.2 Å². The third-order valence-corrected chi connectivity index (χ3v) is 2.22. The van der Waals surface area contributed by atoms with E-state index in [9.17, 15) is 4.79 Å². The molecule has 78 valence electrons. The lowest BCUT2D eigenvalue weighted by Gasteiger charge is -2.04. The zero-order chi connectivity index (χ0) is 10.7. The average molecular weight is 237 g/mol. The Kier molecular flexibility index (Phi) is 3.80. The van der Waals surface area contributed by atoms with Gasteiger partial charge in [0.15, 0.2) is 0 Å². The summed E-state index contributed by atoms with van der Waals surface area (Å²) in [5.74, 6) is -0.347. The standard InChI is InChI=1S/C8H10Cl2N2O2/c1-4(13)3-11-8(14)6-2-5(9)7(10)12-6/h2,4,12-13H,3H2,1H3,(H,11,14)/t4-/m1/s1. The predicted molar refractivity (Wildman–Crippen MR) is 54.8 cm³/mol. The van der Waals surface area contributed by atoms with E-state index in [1.165, 1.54) is 6.07 Å². The molecule has 1 aromatic heterocycles. The van der Waals surface area contributed by atoms with Crippen molar-refractivity contribution in [1.82, 2.24) is 10.3 Å². The molecule has 6 heteroatoms. The third-order valence-electron chi connectivity index (χ3n) is 1.53. The summed E-state index contributed by atoms with van der Waals surface area (Å²) in [6, 6.07) is 1.43. The topological polar surface area (TPSA) is 65.1 Å². The molecule has 0 fully saturated rings. The van der Waals surface area contributed by atoms with E-state index in [2.05, 4.69) is 10.3 Å². The van der Waals surface area contributed by atoms with Gasteiger partial charge in [0.2, 0.25) is 0 Å². The number of rotatable bonds is 3. The summed E-state index contributed by atoms with van der Waals surface area (Å²) >= 11 is 11.3. The molecule has 0 saturated carbocycles. The van der Waals surface area contributed by atoms with E-state index in [0.29, 0.717) is 5.02 Å². The number of aromatic nitrogens is 1. The molecule has 1 aromatic rings. The number of aliphatic hydroxyl groups is 1. The SMILES string of the molecule is C[C@@H](O)CNC(=O)c1cc(Cl)c(Cl)[nH]1. The molecular weight excluding hydrogens is 227 g/mol. The van der Waals surface area contributed by atoms with Gasteiger partial charge in [-0.25, -0.2) is 0 Å². The number of aliphatic hydroxyl groups excluding tert-OH is 1. The molecule has 0 aromatic carbocycles. The van der Waals surface area contributed by atoms with Crippen LogP contribution in [0.15, 0.2) is 6.07 Å². The minimum atomic E-state index is -0.583. The van der Waals surface area contributed by atoms with Gasteiger partial charge in [-0.3, -0.25) is 4.79 Å². The first-order valence-electron chi connectivity index (χ1n) is 4.01. The van der Waals surface area contributed by atoms with E-state index < -0.39 is 6.10 Å². The van der Waals surface area contributed by atoms with Crippen LogP contribution in [0.3, 0.4) is 0 Å². The summed E-state index contributed by atoms with van der Waals surface area (Å²) in [4.78, 5) is 14.0. The highest BCUT2D eigenvalue weighted by Crippen LogP contribution is 2.21. The van der Waals surface area contributed by atoms with Crippen LogP contribution in [-0.4, -0.2) is 28.6 Å². The fourth-order valence-electron chi connectivity index (χ4n) is 0.862. The number of halogens is 2. The smallest absolute Gasteiger partial charge is 0.267 e. The van der Waals surface area contributed by atoms with E-state index in [1.807, 2.05) is 0 Å². The highest BCUT2D eigenvalue weighted by atomic mass is 35.5. The Balaban J connectivity index is 2.61. The van der Waals surface area contributed by atoms with E-state index in [0.717, 1.165) is 0 Å². The van der Waals surface area contributed by atoms with E-state index in [-0.39, 0.29) is 23.3 Å². The molecule has 3 N–H and O–H groups in total. The van der Waals surface area contributed by atoms with Crippen LogP contribution in [0.2, 0.25) is 10.2 Å². The van der Waals surface area contributed by atoms with Crippen molar-refractivity contribution >= 4 is 29.1 Å². The van der Waals surface area contributed by atoms with Crippen LogP contribution in [0.4, 0.5) is 0 Å². The largest absolute Gasteiger partial charge is 0.392 e. The molecule has 4 nitrogen and oxygen atoms in total. The highest BCUT2D eigenvalue weighted by Gasteiger charge is 2.11. The van der Waals surface area contributed by atoms with Crippen LogP contribution in [0.25, 0.3) is 0 Å². The van der Waals surface area contributed by atoms with Crippen LogP contribution in [-0.2, 0) is 0 Å². The molecule has 0 spiro atoms. The molecule has 0 radical (unpaired) electrons. The van der Waals surface area contributed by atoms with Crippen molar-refractivity contribution in [1.29, 1.82) is 0 Å². The molecule has 1 rings (SSSR count). The molecular formula is C8H10Cl2N2O2. The van der Waals surface area contributed by atoms with Crippen molar-refractivity contribution < 1.29 is 9.90 Å². The average Bonchev–Trinajstić information content (AvgIpc) is 2.43. The Bertz CT molecular complexity index is 317. The van der Waals surface area contributed by atoms with Crippen molar-refractivity contribution in [2.75, 3.05) is 6.54 Å². The lowest BCUT2D eigenvalue weighted by Crippen LogP contribution is -2.30. The zero-order valence-corrected chi connectivity index (χ0v) is 8.99. The van der Waals surface area contributed by atoms with Crippen molar-refractivity contribution in [3.8, 4) is 0 Å². The van der Waals surface area contributed by atoms with Crippen LogP contribution >= 0.6 is 23.2 Å². The third kappa shape index (κ3) is 2.90. The normalized spacial score (nSPS) is 12.6. The molecule has 14 heavy (non-hydrogen) atoms. The fourth-order valence-corrected chi connectivity index (χ4v) is 1.17. The van der Waals surface area contributed by atoms with Gasteiger partial charge in [-0.2, -0.15) is 0 Å². The lowest BCUT2D eigenvalue weighted by molar-refractivity contribution is 0.0919. The van der Waals surface area contributed by atoms with Gasteiger partial charge in [-0.1, -0.05) is 23.2 Å². The van der Waals surface area contributed by atoms with E-state index in [1.54, 1.807) is 6.92 Å². The number of nitrogens with one attached hydrogen (secondary N) is 2. The highest BCUT2D eigenvalue weighted by molar-refractivity contribution is 6.41. The van der Waals surface area contributed by atoms with Gasteiger partial charge >= 0.3 is 0 Å². The fraction of sp³-hybridized carbons (Fsp3) is 0.375. The number of carbonyl (C=O) groups excluding carboxylic acids is 1. The summed E-state index contributed by atoms with van der Waals surface area (Å²) in [5.41, 5.74) is 0.278. The first-order chi connectivity index (χ1) is 6.50. The molecule has 0 aliphatic carbocycles. The van der Waals surface area contributed by atoms with Gasteiger partial charge in [0, 0.05) is 6.54 Å². The van der Waals surface area contributed by atoms with Gasteiger partial charge in [-0.05, 0) is 13.0 Å². The maximum atomic E-state index is 11.3. The number of H-pyrrole nitrogens is 1. The number of hydrogen-bond donors (Lipinski definition) is 3. The minimum absolute atomic E-state index is 0.188. The van der Waals surface area contributed by atoms with Crippen LogP contribution in [0.5, 0.6) is 0 Å². The van der Waals surface area contributed by atoms with Gasteiger partial charge in [0.25, 0.3) is 5.91 Å². The summed E-state index contributed by atoms with van der Waals surface area (Å²) < 4.78 is 0. The predicted octanol–water partition coefficient (Wildman–Crippen LogP) is 1.43. The second-order valence-electron chi connectivity index (χ2n) is 2.90. The van der Waals surface area contributed by atoms with Crippen molar-refractivity contribution in [2.45, 2.75) is 13.0 Å². The Morgan fingerprint density at radius 1 is 1.71 bits per heavy atom. The second-order valence-corrected chi connectivity index (χ2v) is 3.69. The van der Waals surface area contributed by atoms with Crippen molar-refractivity contribution in [2.24, 2.45) is 0 Å². The van der Waals surface area contributed by atoms with Crippen LogP contribution < -0.4 is 5.32 Å². The first-order valence-corrected chi connectivity index (χ1v) is 4.76. The molecule has 0 aliphatic rings.